The van der Waals surface area contributed by atoms with Crippen LogP contribution in [0.4, 0.5) is 0 Å². The van der Waals surface area contributed by atoms with E-state index in [4.69, 9.17) is 4.74 Å². The van der Waals surface area contributed by atoms with Gasteiger partial charge in [-0.25, -0.2) is 0 Å². The van der Waals surface area contributed by atoms with Gasteiger partial charge in [-0.05, 0) is 48.9 Å². The van der Waals surface area contributed by atoms with Crippen molar-refractivity contribution in [3.05, 3.63) is 29.3 Å². The highest BCUT2D eigenvalue weighted by Gasteiger charge is 2.20. The highest BCUT2D eigenvalue weighted by atomic mass is 16.5. The van der Waals surface area contributed by atoms with Gasteiger partial charge in [0.15, 0.2) is 0 Å². The van der Waals surface area contributed by atoms with Crippen LogP contribution in [0.5, 0.6) is 5.75 Å². The van der Waals surface area contributed by atoms with Crippen LogP contribution < -0.4 is 4.74 Å². The first-order chi connectivity index (χ1) is 10.8. The number of rotatable bonds is 5. The third-order valence-electron chi connectivity index (χ3n) is 4.42. The Hall–Kier alpha value is -1.10. The number of β-amino-alcohol motifs (C(OH)–C–C–N with tert-alkyl or cyclic N) is 2. The lowest BCUT2D eigenvalue weighted by atomic mass is 9.86. The van der Waals surface area contributed by atoms with Crippen molar-refractivity contribution in [2.24, 2.45) is 0 Å². The number of aryl methyl sites for hydroxylation is 1. The number of hydrogen-bond donors (Lipinski definition) is 2. The van der Waals surface area contributed by atoms with Gasteiger partial charge < -0.3 is 14.9 Å². The second-order valence-corrected chi connectivity index (χ2v) is 7.75. The fourth-order valence-corrected chi connectivity index (χ4v) is 3.01. The number of benzene rings is 1. The van der Waals surface area contributed by atoms with E-state index in [2.05, 4.69) is 37.8 Å². The molecule has 0 aliphatic carbocycles. The average Bonchev–Trinajstić information content (AvgIpc) is 2.45. The molecule has 0 unspecified atom stereocenters. The minimum absolute atomic E-state index is 0.123. The molecular weight excluding hydrogens is 290 g/mol. The van der Waals surface area contributed by atoms with Crippen molar-refractivity contribution in [2.45, 2.75) is 58.2 Å². The van der Waals surface area contributed by atoms with Gasteiger partial charge in [-0.1, -0.05) is 32.9 Å². The molecule has 1 heterocycles. The van der Waals surface area contributed by atoms with Gasteiger partial charge in [-0.3, -0.25) is 4.90 Å². The molecule has 1 aliphatic heterocycles. The van der Waals surface area contributed by atoms with Crippen molar-refractivity contribution < 1.29 is 14.9 Å². The summed E-state index contributed by atoms with van der Waals surface area (Å²) in [4.78, 5) is 2.11. The lowest BCUT2D eigenvalue weighted by Crippen LogP contribution is -2.43. The minimum Gasteiger partial charge on any atom is -0.491 e. The summed E-state index contributed by atoms with van der Waals surface area (Å²) in [6.45, 7) is 11.0. The van der Waals surface area contributed by atoms with Crippen molar-refractivity contribution in [3.63, 3.8) is 0 Å². The third kappa shape index (κ3) is 5.48. The molecule has 1 fully saturated rings. The predicted octanol–water partition coefficient (Wildman–Crippen LogP) is 2.49. The van der Waals surface area contributed by atoms with E-state index in [0.717, 1.165) is 30.7 Å². The molecule has 0 aromatic heterocycles. The van der Waals surface area contributed by atoms with Crippen molar-refractivity contribution in [1.82, 2.24) is 4.90 Å². The second kappa shape index (κ2) is 7.65. The zero-order valence-electron chi connectivity index (χ0n) is 14.9. The molecule has 1 aromatic carbocycles. The van der Waals surface area contributed by atoms with E-state index >= 15 is 0 Å². The molecule has 1 aliphatic rings. The van der Waals surface area contributed by atoms with Gasteiger partial charge >= 0.3 is 0 Å². The van der Waals surface area contributed by atoms with Gasteiger partial charge in [0.05, 0.1) is 6.10 Å². The second-order valence-electron chi connectivity index (χ2n) is 7.75. The summed E-state index contributed by atoms with van der Waals surface area (Å²) in [5, 5.41) is 19.8. The molecule has 0 saturated carbocycles. The van der Waals surface area contributed by atoms with Gasteiger partial charge in [0.1, 0.15) is 18.5 Å². The Morgan fingerprint density at radius 3 is 2.70 bits per heavy atom. The van der Waals surface area contributed by atoms with Crippen LogP contribution in [-0.4, -0.2) is 53.6 Å². The maximum atomic E-state index is 10.2. The van der Waals surface area contributed by atoms with Crippen LogP contribution in [0.15, 0.2) is 18.2 Å². The highest BCUT2D eigenvalue weighted by molar-refractivity contribution is 5.38. The molecule has 4 nitrogen and oxygen atoms in total. The van der Waals surface area contributed by atoms with Crippen LogP contribution in [0.3, 0.4) is 0 Å². The summed E-state index contributed by atoms with van der Waals surface area (Å²) in [7, 11) is 0. The number of aliphatic hydroxyl groups is 2. The topological polar surface area (TPSA) is 52.9 Å². The maximum absolute atomic E-state index is 10.2. The number of ether oxygens (including phenoxy) is 1. The van der Waals surface area contributed by atoms with Crippen LogP contribution in [0, 0.1) is 6.92 Å². The van der Waals surface area contributed by atoms with Crippen molar-refractivity contribution in [1.29, 1.82) is 0 Å². The van der Waals surface area contributed by atoms with Gasteiger partial charge in [0, 0.05) is 13.1 Å². The molecule has 0 bridgehead atoms. The Labute approximate surface area is 140 Å². The summed E-state index contributed by atoms with van der Waals surface area (Å²) >= 11 is 0. The standard InChI is InChI=1S/C19H31NO3/c1-14-10-15(19(2,3)4)7-8-18(14)23-13-17(22)12-20-9-5-6-16(21)11-20/h7-8,10,16-17,21-22H,5-6,9,11-13H2,1-4H3/t16-,17+/m0/s1. The summed E-state index contributed by atoms with van der Waals surface area (Å²) in [5.41, 5.74) is 2.50. The number of piperidine rings is 1. The number of hydrogen-bond acceptors (Lipinski definition) is 4. The van der Waals surface area contributed by atoms with E-state index in [1.54, 1.807) is 0 Å². The molecular formula is C19H31NO3. The fourth-order valence-electron chi connectivity index (χ4n) is 3.01. The third-order valence-corrected chi connectivity index (χ3v) is 4.42. The lowest BCUT2D eigenvalue weighted by Gasteiger charge is -2.31. The molecule has 23 heavy (non-hydrogen) atoms. The van der Waals surface area contributed by atoms with Crippen LogP contribution in [0.2, 0.25) is 0 Å². The quantitative estimate of drug-likeness (QED) is 0.875. The molecule has 0 radical (unpaired) electrons. The molecule has 2 atom stereocenters. The van der Waals surface area contributed by atoms with Crippen molar-refractivity contribution in [3.8, 4) is 5.75 Å². The van der Waals surface area contributed by atoms with Gasteiger partial charge in [0.25, 0.3) is 0 Å². The molecule has 0 amide bonds. The largest absolute Gasteiger partial charge is 0.491 e. The predicted molar refractivity (Wildman–Crippen MR) is 93.1 cm³/mol. The summed E-state index contributed by atoms with van der Waals surface area (Å²) in [6, 6.07) is 6.24. The van der Waals surface area contributed by atoms with E-state index in [1.807, 2.05) is 13.0 Å². The molecule has 2 N–H and O–H groups in total. The molecule has 2 rings (SSSR count). The molecule has 130 valence electrons. The van der Waals surface area contributed by atoms with Crippen LogP contribution >= 0.6 is 0 Å². The normalized spacial score (nSPS) is 21.2. The van der Waals surface area contributed by atoms with Crippen LogP contribution in [0.25, 0.3) is 0 Å². The first-order valence-electron chi connectivity index (χ1n) is 8.58. The van der Waals surface area contributed by atoms with Crippen LogP contribution in [-0.2, 0) is 5.41 Å². The average molecular weight is 321 g/mol. The first kappa shape index (κ1) is 18.2. The summed E-state index contributed by atoms with van der Waals surface area (Å²) < 4.78 is 5.80. The van der Waals surface area contributed by atoms with Gasteiger partial charge in [0.2, 0.25) is 0 Å². The van der Waals surface area contributed by atoms with E-state index in [1.165, 1.54) is 5.56 Å². The monoisotopic (exact) mass is 321 g/mol. The molecule has 0 spiro atoms. The Balaban J connectivity index is 1.85. The van der Waals surface area contributed by atoms with Crippen molar-refractivity contribution in [2.75, 3.05) is 26.2 Å². The zero-order valence-corrected chi connectivity index (χ0v) is 14.9. The summed E-state index contributed by atoms with van der Waals surface area (Å²) in [6.07, 6.45) is 1.05. The zero-order chi connectivity index (χ0) is 17.0. The number of aliphatic hydroxyl groups excluding tert-OH is 2. The Morgan fingerprint density at radius 2 is 2.09 bits per heavy atom. The Bertz CT molecular complexity index is 510. The van der Waals surface area contributed by atoms with Crippen LogP contribution in [0.1, 0.15) is 44.7 Å². The van der Waals surface area contributed by atoms with Crippen molar-refractivity contribution >= 4 is 0 Å². The maximum Gasteiger partial charge on any atom is 0.122 e. The van der Waals surface area contributed by atoms with E-state index < -0.39 is 6.10 Å². The lowest BCUT2D eigenvalue weighted by molar-refractivity contribution is 0.0242. The SMILES string of the molecule is Cc1cc(C(C)(C)C)ccc1OC[C@H](O)CN1CCC[C@H](O)C1. The molecule has 1 saturated heterocycles. The molecule has 4 heteroatoms. The van der Waals surface area contributed by atoms with E-state index in [0.29, 0.717) is 13.1 Å². The minimum atomic E-state index is -0.540. The van der Waals surface area contributed by atoms with Gasteiger partial charge in [-0.15, -0.1) is 0 Å². The molecule has 1 aromatic rings. The Kier molecular flexibility index (Phi) is 6.06. The van der Waals surface area contributed by atoms with E-state index in [9.17, 15) is 10.2 Å². The van der Waals surface area contributed by atoms with Gasteiger partial charge in [-0.2, -0.15) is 0 Å². The highest BCUT2D eigenvalue weighted by Crippen LogP contribution is 2.27. The number of nitrogens with zero attached hydrogens (tertiary/aromatic N) is 1. The Morgan fingerprint density at radius 1 is 1.35 bits per heavy atom. The summed E-state index contributed by atoms with van der Waals surface area (Å²) in [5.74, 6) is 0.829. The number of likely N-dealkylation sites (tertiary alicyclic amines) is 1. The van der Waals surface area contributed by atoms with E-state index in [-0.39, 0.29) is 18.1 Å². The fraction of sp³-hybridized carbons (Fsp3) is 0.684. The first-order valence-corrected chi connectivity index (χ1v) is 8.58. The smallest absolute Gasteiger partial charge is 0.122 e.